The van der Waals surface area contributed by atoms with Crippen LogP contribution >= 0.6 is 0 Å². The number of carboxylic acids is 1. The van der Waals surface area contributed by atoms with Crippen molar-refractivity contribution in [3.05, 3.63) is 29.6 Å². The second kappa shape index (κ2) is 5.82. The van der Waals surface area contributed by atoms with Gasteiger partial charge >= 0.3 is 5.97 Å². The molecule has 1 amide bonds. The van der Waals surface area contributed by atoms with Crippen LogP contribution in [-0.4, -0.2) is 40.0 Å². The zero-order valence-corrected chi connectivity index (χ0v) is 11.0. The highest BCUT2D eigenvalue weighted by Crippen LogP contribution is 2.18. The van der Waals surface area contributed by atoms with Crippen LogP contribution in [0.2, 0.25) is 0 Å². The number of aryl methyl sites for hydroxylation is 1. The van der Waals surface area contributed by atoms with Gasteiger partial charge in [0.05, 0.1) is 12.3 Å². The van der Waals surface area contributed by atoms with E-state index < -0.39 is 5.97 Å². The largest absolute Gasteiger partial charge is 0.481 e. The molecule has 0 aliphatic carbocycles. The molecule has 1 fully saturated rings. The van der Waals surface area contributed by atoms with Crippen molar-refractivity contribution in [1.29, 1.82) is 0 Å². The maximum absolute atomic E-state index is 12.1. The molecule has 2 rings (SSSR count). The highest BCUT2D eigenvalue weighted by molar-refractivity contribution is 5.79. The van der Waals surface area contributed by atoms with Gasteiger partial charge in [0.15, 0.2) is 0 Å². The first-order valence-electron chi connectivity index (χ1n) is 6.48. The molecule has 102 valence electrons. The lowest BCUT2D eigenvalue weighted by atomic mass is 9.97. The van der Waals surface area contributed by atoms with Crippen LogP contribution in [0.25, 0.3) is 0 Å². The highest BCUT2D eigenvalue weighted by Gasteiger charge is 2.26. The molecule has 1 N–H and O–H groups in total. The van der Waals surface area contributed by atoms with Gasteiger partial charge in [0.1, 0.15) is 0 Å². The van der Waals surface area contributed by atoms with Gasteiger partial charge in [-0.25, -0.2) is 0 Å². The van der Waals surface area contributed by atoms with Crippen molar-refractivity contribution in [3.63, 3.8) is 0 Å². The molecule has 0 bridgehead atoms. The minimum atomic E-state index is -0.755. The zero-order chi connectivity index (χ0) is 13.8. The molecular formula is C14H18N2O3. The number of hydrogen-bond donors (Lipinski definition) is 1. The van der Waals surface area contributed by atoms with Crippen LogP contribution < -0.4 is 0 Å². The second-order valence-electron chi connectivity index (χ2n) is 4.98. The number of carbonyl (C=O) groups excluding carboxylic acids is 1. The average molecular weight is 262 g/mol. The summed E-state index contributed by atoms with van der Waals surface area (Å²) in [5.41, 5.74) is 1.83. The van der Waals surface area contributed by atoms with E-state index in [1.807, 2.05) is 19.1 Å². The molecule has 2 heterocycles. The maximum Gasteiger partial charge on any atom is 0.306 e. The summed E-state index contributed by atoms with van der Waals surface area (Å²) in [5.74, 6) is -1.01. The maximum atomic E-state index is 12.1. The van der Waals surface area contributed by atoms with Crippen LogP contribution in [0.15, 0.2) is 18.3 Å². The number of carboxylic acid groups (broad SMARTS) is 1. The normalized spacial score (nSPS) is 16.4. The Kier molecular flexibility index (Phi) is 4.14. The smallest absolute Gasteiger partial charge is 0.306 e. The molecule has 0 unspecified atom stereocenters. The number of carbonyl (C=O) groups is 2. The molecule has 1 saturated heterocycles. The van der Waals surface area contributed by atoms with Crippen molar-refractivity contribution in [3.8, 4) is 0 Å². The lowest BCUT2D eigenvalue weighted by Gasteiger charge is -2.30. The van der Waals surface area contributed by atoms with Gasteiger partial charge < -0.3 is 10.0 Å². The number of rotatable bonds is 3. The molecule has 19 heavy (non-hydrogen) atoms. The molecule has 5 nitrogen and oxygen atoms in total. The van der Waals surface area contributed by atoms with E-state index in [9.17, 15) is 9.59 Å². The molecule has 5 heteroatoms. The summed E-state index contributed by atoms with van der Waals surface area (Å²) in [5, 5.41) is 8.91. The number of nitrogens with zero attached hydrogens (tertiary/aromatic N) is 2. The van der Waals surface area contributed by atoms with E-state index in [4.69, 9.17) is 5.11 Å². The summed E-state index contributed by atoms with van der Waals surface area (Å²) < 4.78 is 0. The lowest BCUT2D eigenvalue weighted by Crippen LogP contribution is -2.41. The molecule has 1 aliphatic heterocycles. The van der Waals surface area contributed by atoms with Gasteiger partial charge in [-0.05, 0) is 31.4 Å². The molecule has 1 aromatic rings. The fourth-order valence-corrected chi connectivity index (χ4v) is 2.27. The summed E-state index contributed by atoms with van der Waals surface area (Å²) in [7, 11) is 0. The fraction of sp³-hybridized carbons (Fsp3) is 0.500. The van der Waals surface area contributed by atoms with E-state index in [0.29, 0.717) is 32.4 Å². The monoisotopic (exact) mass is 262 g/mol. The van der Waals surface area contributed by atoms with Gasteiger partial charge in [-0.3, -0.25) is 14.6 Å². The second-order valence-corrected chi connectivity index (χ2v) is 4.98. The van der Waals surface area contributed by atoms with Crippen LogP contribution in [0.1, 0.15) is 24.1 Å². The SMILES string of the molecule is Cc1ccc(CC(=O)N2CCC(C(=O)O)CC2)cn1. The number of hydrogen-bond acceptors (Lipinski definition) is 3. The minimum absolute atomic E-state index is 0.0505. The molecule has 0 saturated carbocycles. The van der Waals surface area contributed by atoms with Gasteiger partial charge in [0.2, 0.25) is 5.91 Å². The van der Waals surface area contributed by atoms with Crippen molar-refractivity contribution >= 4 is 11.9 Å². The topological polar surface area (TPSA) is 70.5 Å². The minimum Gasteiger partial charge on any atom is -0.481 e. The van der Waals surface area contributed by atoms with Gasteiger partial charge in [-0.15, -0.1) is 0 Å². The first-order chi connectivity index (χ1) is 9.06. The summed E-state index contributed by atoms with van der Waals surface area (Å²) >= 11 is 0. The molecule has 0 atom stereocenters. The van der Waals surface area contributed by atoms with E-state index in [1.54, 1.807) is 11.1 Å². The quantitative estimate of drug-likeness (QED) is 0.890. The van der Waals surface area contributed by atoms with Crippen LogP contribution in [0.3, 0.4) is 0 Å². The summed E-state index contributed by atoms with van der Waals surface area (Å²) in [6.07, 6.45) is 3.16. The Morgan fingerprint density at radius 1 is 1.37 bits per heavy atom. The third-order valence-corrected chi connectivity index (χ3v) is 3.52. The van der Waals surface area contributed by atoms with Crippen LogP contribution in [0.4, 0.5) is 0 Å². The first kappa shape index (κ1) is 13.5. The van der Waals surface area contributed by atoms with E-state index in [1.165, 1.54) is 0 Å². The van der Waals surface area contributed by atoms with Gasteiger partial charge in [0.25, 0.3) is 0 Å². The number of amides is 1. The molecule has 0 spiro atoms. The van der Waals surface area contributed by atoms with Crippen LogP contribution in [-0.2, 0) is 16.0 Å². The Bertz CT molecular complexity index is 462. The van der Waals surface area contributed by atoms with Gasteiger partial charge in [-0.1, -0.05) is 6.07 Å². The van der Waals surface area contributed by atoms with Crippen molar-refractivity contribution in [1.82, 2.24) is 9.88 Å². The van der Waals surface area contributed by atoms with E-state index >= 15 is 0 Å². The highest BCUT2D eigenvalue weighted by atomic mass is 16.4. The van der Waals surface area contributed by atoms with Crippen LogP contribution in [0, 0.1) is 12.8 Å². The molecule has 0 radical (unpaired) electrons. The summed E-state index contributed by atoms with van der Waals surface area (Å²) in [6.45, 7) is 2.98. The predicted octanol–water partition coefficient (Wildman–Crippen LogP) is 1.26. The number of aromatic nitrogens is 1. The predicted molar refractivity (Wildman–Crippen MR) is 69.6 cm³/mol. The average Bonchev–Trinajstić information content (AvgIpc) is 2.41. The summed E-state index contributed by atoms with van der Waals surface area (Å²) in [4.78, 5) is 28.8. The number of piperidine rings is 1. The van der Waals surface area contributed by atoms with Crippen molar-refractivity contribution < 1.29 is 14.7 Å². The fourth-order valence-electron chi connectivity index (χ4n) is 2.27. The molecule has 1 aliphatic rings. The standard InChI is InChI=1S/C14H18N2O3/c1-10-2-3-11(9-15-10)8-13(17)16-6-4-12(5-7-16)14(18)19/h2-3,9,12H,4-8H2,1H3,(H,18,19). The third-order valence-electron chi connectivity index (χ3n) is 3.52. The van der Waals surface area contributed by atoms with Crippen molar-refractivity contribution in [2.24, 2.45) is 5.92 Å². The summed E-state index contributed by atoms with van der Waals surface area (Å²) in [6, 6.07) is 3.80. The third kappa shape index (κ3) is 3.53. The van der Waals surface area contributed by atoms with E-state index in [-0.39, 0.29) is 11.8 Å². The van der Waals surface area contributed by atoms with E-state index in [0.717, 1.165) is 11.3 Å². The Morgan fingerprint density at radius 2 is 2.05 bits per heavy atom. The number of likely N-dealkylation sites (tertiary alicyclic amines) is 1. The van der Waals surface area contributed by atoms with Gasteiger partial charge in [-0.2, -0.15) is 0 Å². The Hall–Kier alpha value is -1.91. The Balaban J connectivity index is 1.88. The first-order valence-corrected chi connectivity index (χ1v) is 6.48. The molecule has 1 aromatic heterocycles. The Morgan fingerprint density at radius 3 is 2.58 bits per heavy atom. The number of aliphatic carboxylic acids is 1. The van der Waals surface area contributed by atoms with Crippen molar-refractivity contribution in [2.75, 3.05) is 13.1 Å². The molecular weight excluding hydrogens is 244 g/mol. The van der Waals surface area contributed by atoms with E-state index in [2.05, 4.69) is 4.98 Å². The Labute approximate surface area is 112 Å². The zero-order valence-electron chi connectivity index (χ0n) is 11.0. The van der Waals surface area contributed by atoms with Crippen LogP contribution in [0.5, 0.6) is 0 Å². The van der Waals surface area contributed by atoms with Gasteiger partial charge in [0, 0.05) is 25.0 Å². The lowest BCUT2D eigenvalue weighted by molar-refractivity contribution is -0.145. The number of pyridine rings is 1. The molecule has 0 aromatic carbocycles. The van der Waals surface area contributed by atoms with Crippen molar-refractivity contribution in [2.45, 2.75) is 26.2 Å².